The maximum absolute atomic E-state index is 13.1. The molecule has 1 saturated heterocycles. The standard InChI is InChI=1S/C28H30ClFN6/c1-18-27(17-32-36(18)23-6-7-23)34-28-31-16-21-14-25(29)24(15-26(21)33-28)20-9-12-35(13-10-20)11-8-19-2-4-22(30)5-3-19/h2-5,14-17,20,23H,6-13H2,1H3,(H,31,33,34). The van der Waals surface area contributed by atoms with Crippen molar-refractivity contribution in [2.24, 2.45) is 0 Å². The molecule has 4 aromatic rings. The van der Waals surface area contributed by atoms with E-state index in [0.717, 1.165) is 66.2 Å². The Morgan fingerprint density at radius 3 is 2.58 bits per heavy atom. The number of hydrogen-bond acceptors (Lipinski definition) is 5. The molecule has 186 valence electrons. The Morgan fingerprint density at radius 2 is 1.83 bits per heavy atom. The summed E-state index contributed by atoms with van der Waals surface area (Å²) in [6, 6.07) is 11.5. The van der Waals surface area contributed by atoms with Gasteiger partial charge in [0.25, 0.3) is 0 Å². The maximum atomic E-state index is 13.1. The van der Waals surface area contributed by atoms with Gasteiger partial charge in [0.1, 0.15) is 5.82 Å². The van der Waals surface area contributed by atoms with Gasteiger partial charge in [-0.2, -0.15) is 5.10 Å². The van der Waals surface area contributed by atoms with E-state index in [1.165, 1.54) is 36.1 Å². The van der Waals surface area contributed by atoms with Gasteiger partial charge in [-0.15, -0.1) is 0 Å². The summed E-state index contributed by atoms with van der Waals surface area (Å²) in [6.07, 6.45) is 9.15. The van der Waals surface area contributed by atoms with E-state index in [0.29, 0.717) is 17.9 Å². The second kappa shape index (κ2) is 9.79. The molecule has 2 aromatic heterocycles. The average molecular weight is 505 g/mol. The van der Waals surface area contributed by atoms with E-state index in [-0.39, 0.29) is 5.82 Å². The molecule has 6 rings (SSSR count). The minimum atomic E-state index is -0.181. The van der Waals surface area contributed by atoms with Crippen LogP contribution in [0.5, 0.6) is 0 Å². The Bertz CT molecular complexity index is 1370. The number of aromatic nitrogens is 4. The van der Waals surface area contributed by atoms with Gasteiger partial charge in [0.2, 0.25) is 5.95 Å². The molecule has 8 heteroatoms. The zero-order chi connectivity index (χ0) is 24.6. The summed E-state index contributed by atoms with van der Waals surface area (Å²) in [5, 5.41) is 9.61. The van der Waals surface area contributed by atoms with E-state index in [2.05, 4.69) is 38.0 Å². The Morgan fingerprint density at radius 1 is 1.06 bits per heavy atom. The predicted octanol–water partition coefficient (Wildman–Crippen LogP) is 6.43. The van der Waals surface area contributed by atoms with Crippen molar-refractivity contribution in [3.05, 3.63) is 76.5 Å². The summed E-state index contributed by atoms with van der Waals surface area (Å²) in [5.41, 5.74) is 5.31. The van der Waals surface area contributed by atoms with Crippen molar-refractivity contribution in [3.8, 4) is 0 Å². The molecule has 6 nitrogen and oxygen atoms in total. The van der Waals surface area contributed by atoms with Crippen LogP contribution in [0.1, 0.15) is 54.5 Å². The topological polar surface area (TPSA) is 58.9 Å². The van der Waals surface area contributed by atoms with Gasteiger partial charge in [-0.1, -0.05) is 23.7 Å². The van der Waals surface area contributed by atoms with Crippen LogP contribution < -0.4 is 5.32 Å². The van der Waals surface area contributed by atoms with Gasteiger partial charge in [-0.3, -0.25) is 4.68 Å². The number of nitrogens with one attached hydrogen (secondary N) is 1. The molecule has 0 atom stereocenters. The van der Waals surface area contributed by atoms with Crippen molar-refractivity contribution in [2.75, 3.05) is 25.0 Å². The Labute approximate surface area is 215 Å². The molecule has 2 aromatic carbocycles. The highest BCUT2D eigenvalue weighted by Gasteiger charge is 2.27. The van der Waals surface area contributed by atoms with E-state index in [1.807, 2.05) is 30.6 Å². The van der Waals surface area contributed by atoms with Crippen molar-refractivity contribution in [1.29, 1.82) is 0 Å². The lowest BCUT2D eigenvalue weighted by molar-refractivity contribution is 0.214. The van der Waals surface area contributed by atoms with Gasteiger partial charge in [0.15, 0.2) is 0 Å². The number of anilines is 2. The van der Waals surface area contributed by atoms with E-state index in [9.17, 15) is 4.39 Å². The Hall–Kier alpha value is -3.03. The highest BCUT2D eigenvalue weighted by molar-refractivity contribution is 6.32. The van der Waals surface area contributed by atoms with Crippen molar-refractivity contribution in [2.45, 2.75) is 51.0 Å². The molecule has 0 radical (unpaired) electrons. The molecular formula is C28H30ClFN6. The maximum Gasteiger partial charge on any atom is 0.227 e. The van der Waals surface area contributed by atoms with Gasteiger partial charge in [-0.05, 0) is 93.4 Å². The molecule has 2 aliphatic rings. The number of piperidine rings is 1. The molecule has 2 fully saturated rings. The highest BCUT2D eigenvalue weighted by Crippen LogP contribution is 2.37. The van der Waals surface area contributed by atoms with Crippen LogP contribution in [0.2, 0.25) is 5.02 Å². The fraction of sp³-hybridized carbons (Fsp3) is 0.393. The Balaban J connectivity index is 1.13. The van der Waals surface area contributed by atoms with Gasteiger partial charge in [0.05, 0.1) is 29.1 Å². The molecule has 0 spiro atoms. The van der Waals surface area contributed by atoms with Crippen molar-refractivity contribution in [1.82, 2.24) is 24.6 Å². The Kier molecular flexibility index (Phi) is 6.36. The molecule has 1 aliphatic heterocycles. The molecule has 3 heterocycles. The number of benzene rings is 2. The summed E-state index contributed by atoms with van der Waals surface area (Å²) in [4.78, 5) is 11.8. The summed E-state index contributed by atoms with van der Waals surface area (Å²) >= 11 is 6.73. The third-order valence-electron chi connectivity index (χ3n) is 7.54. The number of fused-ring (bicyclic) bond motifs is 1. The van der Waals surface area contributed by atoms with E-state index in [4.69, 9.17) is 16.6 Å². The second-order valence-electron chi connectivity index (χ2n) is 10.1. The van der Waals surface area contributed by atoms with Crippen LogP contribution in [0.4, 0.5) is 16.0 Å². The summed E-state index contributed by atoms with van der Waals surface area (Å²) < 4.78 is 15.2. The van der Waals surface area contributed by atoms with Crippen molar-refractivity contribution in [3.63, 3.8) is 0 Å². The van der Waals surface area contributed by atoms with Gasteiger partial charge < -0.3 is 10.2 Å². The number of rotatable bonds is 7. The number of hydrogen-bond donors (Lipinski definition) is 1. The summed E-state index contributed by atoms with van der Waals surface area (Å²) in [5.74, 6) is 0.805. The summed E-state index contributed by atoms with van der Waals surface area (Å²) in [6.45, 7) is 5.13. The van der Waals surface area contributed by atoms with E-state index >= 15 is 0 Å². The zero-order valence-corrected chi connectivity index (χ0v) is 21.2. The van der Waals surface area contributed by atoms with Gasteiger partial charge >= 0.3 is 0 Å². The van der Waals surface area contributed by atoms with Crippen LogP contribution in [0.15, 0.2) is 48.8 Å². The molecule has 1 saturated carbocycles. The molecular weight excluding hydrogens is 475 g/mol. The van der Waals surface area contributed by atoms with Crippen LogP contribution in [0.25, 0.3) is 10.9 Å². The summed E-state index contributed by atoms with van der Waals surface area (Å²) in [7, 11) is 0. The van der Waals surface area contributed by atoms with E-state index < -0.39 is 0 Å². The average Bonchev–Trinajstić information content (AvgIpc) is 3.67. The molecule has 0 amide bonds. The monoisotopic (exact) mass is 504 g/mol. The lowest BCUT2D eigenvalue weighted by Crippen LogP contribution is -2.34. The fourth-order valence-electron chi connectivity index (χ4n) is 5.20. The third-order valence-corrected chi connectivity index (χ3v) is 7.87. The van der Waals surface area contributed by atoms with Crippen LogP contribution in [-0.4, -0.2) is 44.3 Å². The normalized spacial score (nSPS) is 17.1. The lowest BCUT2D eigenvalue weighted by Gasteiger charge is -2.32. The van der Waals surface area contributed by atoms with Crippen LogP contribution in [-0.2, 0) is 6.42 Å². The zero-order valence-electron chi connectivity index (χ0n) is 20.4. The first kappa shape index (κ1) is 23.4. The van der Waals surface area contributed by atoms with E-state index in [1.54, 1.807) is 0 Å². The first-order valence-electron chi connectivity index (χ1n) is 12.8. The predicted molar refractivity (Wildman–Crippen MR) is 142 cm³/mol. The molecule has 0 unspecified atom stereocenters. The van der Waals surface area contributed by atoms with Crippen LogP contribution in [0, 0.1) is 12.7 Å². The molecule has 0 bridgehead atoms. The lowest BCUT2D eigenvalue weighted by atomic mass is 9.88. The molecule has 36 heavy (non-hydrogen) atoms. The third kappa shape index (κ3) is 4.95. The number of nitrogens with zero attached hydrogens (tertiary/aromatic N) is 5. The van der Waals surface area contributed by atoms with Crippen molar-refractivity contribution >= 4 is 34.1 Å². The number of likely N-dealkylation sites (tertiary alicyclic amines) is 1. The van der Waals surface area contributed by atoms with Crippen LogP contribution in [0.3, 0.4) is 0 Å². The quantitative estimate of drug-likeness (QED) is 0.314. The minimum absolute atomic E-state index is 0.181. The van der Waals surface area contributed by atoms with Gasteiger partial charge in [0, 0.05) is 23.2 Å². The highest BCUT2D eigenvalue weighted by atomic mass is 35.5. The van der Waals surface area contributed by atoms with Crippen molar-refractivity contribution < 1.29 is 4.39 Å². The van der Waals surface area contributed by atoms with Crippen LogP contribution >= 0.6 is 11.6 Å². The SMILES string of the molecule is Cc1c(Nc2ncc3cc(Cl)c(C4CCN(CCc5ccc(F)cc5)CC4)cc3n2)cnn1C1CC1. The fourth-order valence-corrected chi connectivity index (χ4v) is 5.53. The first-order chi connectivity index (χ1) is 17.5. The number of halogens is 2. The minimum Gasteiger partial charge on any atom is -0.321 e. The second-order valence-corrected chi connectivity index (χ2v) is 10.5. The van der Waals surface area contributed by atoms with Gasteiger partial charge in [-0.25, -0.2) is 14.4 Å². The largest absolute Gasteiger partial charge is 0.321 e. The molecule has 1 aliphatic carbocycles. The molecule has 1 N–H and O–H groups in total. The smallest absolute Gasteiger partial charge is 0.227 e. The first-order valence-corrected chi connectivity index (χ1v) is 13.2.